The molecule has 0 aromatic heterocycles. The highest BCUT2D eigenvalue weighted by atomic mass is 16.7. The number of ether oxygens (including phenoxy) is 4. The molecule has 1 aromatic carbocycles. The van der Waals surface area contributed by atoms with Crippen molar-refractivity contribution in [2.75, 3.05) is 0 Å². The zero-order valence-corrected chi connectivity index (χ0v) is 20.9. The monoisotopic (exact) mass is 470 g/mol. The van der Waals surface area contributed by atoms with Gasteiger partial charge in [-0.1, -0.05) is 56.3 Å². The van der Waals surface area contributed by atoms with Crippen LogP contribution in [0.25, 0.3) is 0 Å². The van der Waals surface area contributed by atoms with Crippen molar-refractivity contribution in [3.63, 3.8) is 0 Å². The van der Waals surface area contributed by atoms with E-state index in [2.05, 4.69) is 50.3 Å². The van der Waals surface area contributed by atoms with E-state index in [9.17, 15) is 5.11 Å². The predicted molar refractivity (Wildman–Crippen MR) is 131 cm³/mol. The summed E-state index contributed by atoms with van der Waals surface area (Å²) in [5.74, 6) is 1.92. The normalized spacial score (nSPS) is 41.5. The van der Waals surface area contributed by atoms with Gasteiger partial charge in [-0.15, -0.1) is 0 Å². The van der Waals surface area contributed by atoms with Crippen LogP contribution in [0.5, 0.6) is 0 Å². The number of hydrogen-bond acceptors (Lipinski definition) is 5. The van der Waals surface area contributed by atoms with Gasteiger partial charge in [0.25, 0.3) is 0 Å². The van der Waals surface area contributed by atoms with Crippen LogP contribution in [-0.4, -0.2) is 48.2 Å². The first-order chi connectivity index (χ1) is 16.5. The van der Waals surface area contributed by atoms with Crippen LogP contribution >= 0.6 is 0 Å². The first-order valence-electron chi connectivity index (χ1n) is 13.5. The number of benzene rings is 1. The minimum atomic E-state index is -0.393. The van der Waals surface area contributed by atoms with Crippen LogP contribution in [-0.2, 0) is 18.9 Å². The average molecular weight is 471 g/mol. The smallest absolute Gasteiger partial charge is 0.164 e. The fourth-order valence-corrected chi connectivity index (χ4v) is 6.51. The number of hydrogen-bond donors (Lipinski definition) is 1. The molecule has 2 aliphatic carbocycles. The molecule has 2 aliphatic heterocycles. The van der Waals surface area contributed by atoms with Crippen LogP contribution in [0.2, 0.25) is 0 Å². The van der Waals surface area contributed by atoms with Crippen LogP contribution in [0.3, 0.4) is 0 Å². The van der Waals surface area contributed by atoms with Gasteiger partial charge in [0.1, 0.15) is 0 Å². The molecule has 2 bridgehead atoms. The van der Waals surface area contributed by atoms with Gasteiger partial charge in [-0.05, 0) is 50.0 Å². The number of aliphatic hydroxyl groups is 1. The maximum absolute atomic E-state index is 10.1. The summed E-state index contributed by atoms with van der Waals surface area (Å²) in [6.07, 6.45) is 11.0. The molecule has 3 fully saturated rings. The third-order valence-corrected chi connectivity index (χ3v) is 8.36. The van der Waals surface area contributed by atoms with E-state index in [0.29, 0.717) is 24.2 Å². The van der Waals surface area contributed by atoms with Gasteiger partial charge in [0.15, 0.2) is 12.6 Å². The van der Waals surface area contributed by atoms with E-state index in [1.54, 1.807) is 0 Å². The maximum atomic E-state index is 10.1. The lowest BCUT2D eigenvalue weighted by Crippen LogP contribution is -2.47. The fraction of sp³-hybridized carbons (Fsp3) is 0.724. The van der Waals surface area contributed by atoms with E-state index in [1.165, 1.54) is 18.4 Å². The Morgan fingerprint density at radius 3 is 2.24 bits per heavy atom. The molecule has 11 atom stereocenters. The summed E-state index contributed by atoms with van der Waals surface area (Å²) in [6.45, 7) is 6.22. The lowest BCUT2D eigenvalue weighted by Gasteiger charge is -2.43. The average Bonchev–Trinajstić information content (AvgIpc) is 3.47. The Labute approximate surface area is 204 Å². The standard InChI is InChI=1S/C29H42O5/c1-4-23-15-25(34-29(31-23)27-14-20-10-11-22(27)13-20)17-26-16-24(12-18(2)30)32-28(33-26)19(3)21-8-6-5-7-9-21/h5-11,18-20,22-30H,4,12-17H2,1-3H3. The van der Waals surface area contributed by atoms with Crippen LogP contribution in [0.15, 0.2) is 42.5 Å². The number of fused-ring (bicyclic) bond motifs is 2. The number of aliphatic hydroxyl groups excluding tert-OH is 1. The Balaban J connectivity index is 1.26. The SMILES string of the molecule is CCC1CC(CC2CC(CC(C)O)OC(C(C)c3ccccc3)O2)OC(C2CC3C=CC2C3)O1. The molecule has 5 nitrogen and oxygen atoms in total. The van der Waals surface area contributed by atoms with Crippen LogP contribution in [0, 0.1) is 17.8 Å². The van der Waals surface area contributed by atoms with Crippen molar-refractivity contribution >= 4 is 0 Å². The van der Waals surface area contributed by atoms with E-state index in [-0.39, 0.29) is 42.9 Å². The zero-order valence-electron chi connectivity index (χ0n) is 20.9. The number of rotatable bonds is 8. The second-order valence-electron chi connectivity index (χ2n) is 11.1. The van der Waals surface area contributed by atoms with Crippen molar-refractivity contribution in [1.29, 1.82) is 0 Å². The van der Waals surface area contributed by atoms with Gasteiger partial charge in [-0.3, -0.25) is 0 Å². The largest absolute Gasteiger partial charge is 0.393 e. The third kappa shape index (κ3) is 5.60. The summed E-state index contributed by atoms with van der Waals surface area (Å²) >= 11 is 0. The van der Waals surface area contributed by atoms with E-state index < -0.39 is 6.10 Å². The molecule has 1 N–H and O–H groups in total. The lowest BCUT2D eigenvalue weighted by molar-refractivity contribution is -0.288. The fourth-order valence-electron chi connectivity index (χ4n) is 6.51. The molecule has 0 radical (unpaired) electrons. The Hall–Kier alpha value is -1.24. The molecule has 11 unspecified atom stereocenters. The lowest BCUT2D eigenvalue weighted by atomic mass is 9.91. The summed E-state index contributed by atoms with van der Waals surface area (Å²) in [4.78, 5) is 0. The van der Waals surface area contributed by atoms with Crippen molar-refractivity contribution in [3.05, 3.63) is 48.0 Å². The zero-order chi connectivity index (χ0) is 23.7. The molecule has 1 aromatic rings. The highest BCUT2D eigenvalue weighted by Gasteiger charge is 2.45. The predicted octanol–water partition coefficient (Wildman–Crippen LogP) is 5.57. The topological polar surface area (TPSA) is 57.2 Å². The van der Waals surface area contributed by atoms with Gasteiger partial charge >= 0.3 is 0 Å². The molecule has 2 saturated heterocycles. The molecule has 4 aliphatic rings. The highest BCUT2D eigenvalue weighted by molar-refractivity contribution is 5.19. The molecule has 34 heavy (non-hydrogen) atoms. The molecule has 0 spiro atoms. The molecule has 1 saturated carbocycles. The molecule has 5 rings (SSSR count). The van der Waals surface area contributed by atoms with Crippen LogP contribution < -0.4 is 0 Å². The van der Waals surface area contributed by atoms with Crippen LogP contribution in [0.1, 0.15) is 77.2 Å². The summed E-state index contributed by atoms with van der Waals surface area (Å²) in [6, 6.07) is 10.4. The molecule has 2 heterocycles. The van der Waals surface area contributed by atoms with Crippen molar-refractivity contribution < 1.29 is 24.1 Å². The molecular formula is C29H42O5. The van der Waals surface area contributed by atoms with Gasteiger partial charge in [0, 0.05) is 31.1 Å². The van der Waals surface area contributed by atoms with Gasteiger partial charge in [-0.2, -0.15) is 0 Å². The van der Waals surface area contributed by atoms with E-state index in [0.717, 1.165) is 25.7 Å². The Morgan fingerprint density at radius 1 is 0.853 bits per heavy atom. The quantitative estimate of drug-likeness (QED) is 0.503. The van der Waals surface area contributed by atoms with Crippen molar-refractivity contribution in [2.24, 2.45) is 17.8 Å². The second-order valence-corrected chi connectivity index (χ2v) is 11.1. The Bertz CT molecular complexity index is 810. The summed E-state index contributed by atoms with van der Waals surface area (Å²) < 4.78 is 26.0. The third-order valence-electron chi connectivity index (χ3n) is 8.36. The van der Waals surface area contributed by atoms with Crippen molar-refractivity contribution in [2.45, 2.75) is 115 Å². The van der Waals surface area contributed by atoms with E-state index in [1.807, 2.05) is 13.0 Å². The minimum absolute atomic E-state index is 0.0109. The van der Waals surface area contributed by atoms with Gasteiger partial charge in [0.2, 0.25) is 0 Å². The van der Waals surface area contributed by atoms with E-state index in [4.69, 9.17) is 18.9 Å². The van der Waals surface area contributed by atoms with E-state index >= 15 is 0 Å². The minimum Gasteiger partial charge on any atom is -0.393 e. The van der Waals surface area contributed by atoms with Crippen LogP contribution in [0.4, 0.5) is 0 Å². The van der Waals surface area contributed by atoms with Gasteiger partial charge < -0.3 is 24.1 Å². The Morgan fingerprint density at radius 2 is 1.56 bits per heavy atom. The van der Waals surface area contributed by atoms with Gasteiger partial charge in [0.05, 0.1) is 30.5 Å². The highest BCUT2D eigenvalue weighted by Crippen LogP contribution is 2.47. The Kier molecular flexibility index (Phi) is 7.76. The summed E-state index contributed by atoms with van der Waals surface area (Å²) in [5.41, 5.74) is 1.21. The summed E-state index contributed by atoms with van der Waals surface area (Å²) in [7, 11) is 0. The second kappa shape index (κ2) is 10.8. The number of allylic oxidation sites excluding steroid dienone is 2. The molecule has 5 heteroatoms. The molecule has 0 amide bonds. The van der Waals surface area contributed by atoms with Crippen molar-refractivity contribution in [3.8, 4) is 0 Å². The molecular weight excluding hydrogens is 428 g/mol. The maximum Gasteiger partial charge on any atom is 0.164 e. The van der Waals surface area contributed by atoms with Gasteiger partial charge in [-0.25, -0.2) is 0 Å². The first kappa shape index (κ1) is 24.5. The summed E-state index contributed by atoms with van der Waals surface area (Å²) in [5, 5.41) is 10.1. The first-order valence-corrected chi connectivity index (χ1v) is 13.5. The van der Waals surface area contributed by atoms with Crippen molar-refractivity contribution in [1.82, 2.24) is 0 Å². The molecule has 188 valence electrons.